The van der Waals surface area contributed by atoms with Crippen LogP contribution >= 0.6 is 62.6 Å². The molecule has 0 unspecified atom stereocenters. The molecular weight excluding hydrogens is 457 g/mol. The zero-order chi connectivity index (χ0) is 12.8. The van der Waals surface area contributed by atoms with E-state index in [-0.39, 0.29) is 24.0 Å². The molecule has 0 saturated heterocycles. The molecule has 0 bridgehead atoms. The minimum atomic E-state index is 0. The van der Waals surface area contributed by atoms with Crippen molar-refractivity contribution in [1.29, 1.82) is 0 Å². The molecule has 0 amide bonds. The second kappa shape index (κ2) is 8.93. The van der Waals surface area contributed by atoms with E-state index in [1.807, 2.05) is 5.38 Å². The van der Waals surface area contributed by atoms with Gasteiger partial charge in [0.25, 0.3) is 0 Å². The topological polar surface area (TPSA) is 50.4 Å². The van der Waals surface area contributed by atoms with Crippen LogP contribution in [0.25, 0.3) is 0 Å². The van der Waals surface area contributed by atoms with Crippen LogP contribution in [0.4, 0.5) is 0 Å². The van der Waals surface area contributed by atoms with Crippen molar-refractivity contribution in [2.24, 2.45) is 10.7 Å². The first-order valence-electron chi connectivity index (χ1n) is 5.53. The Bertz CT molecular complexity index is 511. The van der Waals surface area contributed by atoms with E-state index in [9.17, 15) is 0 Å². The number of nitrogens with two attached hydrogens (primary N) is 1. The first-order chi connectivity index (χ1) is 8.74. The van der Waals surface area contributed by atoms with Gasteiger partial charge in [0.2, 0.25) is 0 Å². The zero-order valence-corrected chi connectivity index (χ0v) is 15.7. The Morgan fingerprint density at radius 3 is 2.84 bits per heavy atom. The number of guanidine groups is 1. The number of hydrogen-bond acceptors (Lipinski definition) is 3. The van der Waals surface area contributed by atoms with E-state index in [4.69, 9.17) is 5.73 Å². The van der Waals surface area contributed by atoms with Crippen molar-refractivity contribution in [3.8, 4) is 0 Å². The van der Waals surface area contributed by atoms with Gasteiger partial charge in [-0.15, -0.1) is 46.7 Å². The van der Waals surface area contributed by atoms with Gasteiger partial charge in [0.05, 0.1) is 6.54 Å². The quantitative estimate of drug-likeness (QED) is 0.395. The van der Waals surface area contributed by atoms with Crippen LogP contribution < -0.4 is 11.1 Å². The van der Waals surface area contributed by atoms with E-state index in [0.717, 1.165) is 17.4 Å². The van der Waals surface area contributed by atoms with Crippen LogP contribution in [0.2, 0.25) is 0 Å². The number of hydrogen-bond donors (Lipinski definition) is 2. The van der Waals surface area contributed by atoms with Crippen molar-refractivity contribution in [2.45, 2.75) is 13.0 Å². The summed E-state index contributed by atoms with van der Waals surface area (Å²) in [5, 5.41) is 7.26. The standard InChI is InChI=1S/C12H14BrN3S2.HI/c13-9-6-11(18-8-9)7-16-12(14)15-4-3-10-2-1-5-17-10;/h1-2,5-6,8H,3-4,7H2,(H3,14,15,16);1H. The summed E-state index contributed by atoms with van der Waals surface area (Å²) in [5.74, 6) is 0.510. The largest absolute Gasteiger partial charge is 0.370 e. The smallest absolute Gasteiger partial charge is 0.188 e. The minimum Gasteiger partial charge on any atom is -0.370 e. The van der Waals surface area contributed by atoms with Crippen molar-refractivity contribution < 1.29 is 0 Å². The number of aliphatic imine (C=N–C) groups is 1. The van der Waals surface area contributed by atoms with Crippen LogP contribution in [-0.4, -0.2) is 12.5 Å². The van der Waals surface area contributed by atoms with Gasteiger partial charge in [0.15, 0.2) is 5.96 Å². The third-order valence-corrected chi connectivity index (χ3v) is 4.90. The van der Waals surface area contributed by atoms with Crippen LogP contribution in [0.1, 0.15) is 9.75 Å². The fraction of sp³-hybridized carbons (Fsp3) is 0.250. The predicted octanol–water partition coefficient (Wildman–Crippen LogP) is 3.84. The van der Waals surface area contributed by atoms with E-state index in [0.29, 0.717) is 12.5 Å². The van der Waals surface area contributed by atoms with Crippen molar-refractivity contribution in [3.05, 3.63) is 43.2 Å². The number of rotatable bonds is 5. The normalized spacial score (nSPS) is 11.1. The summed E-state index contributed by atoms with van der Waals surface area (Å²) in [5.41, 5.74) is 5.80. The molecule has 3 nitrogen and oxygen atoms in total. The molecule has 0 fully saturated rings. The molecule has 0 saturated carbocycles. The van der Waals surface area contributed by atoms with Gasteiger partial charge < -0.3 is 11.1 Å². The maximum absolute atomic E-state index is 5.80. The van der Waals surface area contributed by atoms with Gasteiger partial charge in [0.1, 0.15) is 0 Å². The van der Waals surface area contributed by atoms with Crippen molar-refractivity contribution in [3.63, 3.8) is 0 Å². The fourth-order valence-corrected chi connectivity index (χ4v) is 3.51. The van der Waals surface area contributed by atoms with Gasteiger partial charge in [-0.1, -0.05) is 6.07 Å². The molecule has 0 atom stereocenters. The molecule has 0 radical (unpaired) electrons. The van der Waals surface area contributed by atoms with Crippen molar-refractivity contribution >= 4 is 68.5 Å². The summed E-state index contributed by atoms with van der Waals surface area (Å²) in [4.78, 5) is 6.86. The molecule has 2 aromatic heterocycles. The van der Waals surface area contributed by atoms with Crippen molar-refractivity contribution in [1.82, 2.24) is 5.32 Å². The Kier molecular flexibility index (Phi) is 7.96. The molecule has 19 heavy (non-hydrogen) atoms. The highest BCUT2D eigenvalue weighted by molar-refractivity contribution is 14.0. The lowest BCUT2D eigenvalue weighted by Gasteiger charge is -2.03. The van der Waals surface area contributed by atoms with Gasteiger partial charge in [-0.05, 0) is 39.9 Å². The minimum absolute atomic E-state index is 0. The Morgan fingerprint density at radius 1 is 1.37 bits per heavy atom. The SMILES string of the molecule is I.NC(=NCc1cc(Br)cs1)NCCc1cccs1. The van der Waals surface area contributed by atoms with Gasteiger partial charge in [-0.2, -0.15) is 0 Å². The van der Waals surface area contributed by atoms with E-state index in [2.05, 4.69) is 49.8 Å². The van der Waals surface area contributed by atoms with E-state index >= 15 is 0 Å². The average Bonchev–Trinajstić information content (AvgIpc) is 2.98. The number of halogens is 2. The third-order valence-electron chi connectivity index (χ3n) is 2.28. The lowest BCUT2D eigenvalue weighted by molar-refractivity contribution is 0.858. The Labute approximate surface area is 146 Å². The molecular formula is C12H15BrIN3S2. The average molecular weight is 472 g/mol. The first-order valence-corrected chi connectivity index (χ1v) is 8.08. The molecule has 0 aliphatic rings. The number of nitrogens with one attached hydrogen (secondary N) is 1. The summed E-state index contributed by atoms with van der Waals surface area (Å²) >= 11 is 6.86. The highest BCUT2D eigenvalue weighted by Gasteiger charge is 1.98. The maximum Gasteiger partial charge on any atom is 0.188 e. The molecule has 104 valence electrons. The lowest BCUT2D eigenvalue weighted by Crippen LogP contribution is -2.33. The molecule has 2 rings (SSSR count). The molecule has 0 aromatic carbocycles. The van der Waals surface area contributed by atoms with Crippen LogP contribution in [0.15, 0.2) is 38.4 Å². The monoisotopic (exact) mass is 471 g/mol. The van der Waals surface area contributed by atoms with Crippen LogP contribution in [0, 0.1) is 0 Å². The summed E-state index contributed by atoms with van der Waals surface area (Å²) in [6.07, 6.45) is 0.985. The molecule has 3 N–H and O–H groups in total. The molecule has 2 heterocycles. The first kappa shape index (κ1) is 16.9. The Balaban J connectivity index is 0.00000180. The van der Waals surface area contributed by atoms with E-state index < -0.39 is 0 Å². The summed E-state index contributed by atoms with van der Waals surface area (Å²) in [7, 11) is 0. The maximum atomic E-state index is 5.80. The fourth-order valence-electron chi connectivity index (χ4n) is 1.42. The summed E-state index contributed by atoms with van der Waals surface area (Å²) in [6, 6.07) is 6.25. The predicted molar refractivity (Wildman–Crippen MR) is 98.8 cm³/mol. The number of nitrogens with zero attached hydrogens (tertiary/aromatic N) is 1. The van der Waals surface area contributed by atoms with Gasteiger partial charge >= 0.3 is 0 Å². The van der Waals surface area contributed by atoms with E-state index in [1.54, 1.807) is 22.7 Å². The van der Waals surface area contributed by atoms with Crippen LogP contribution in [0.3, 0.4) is 0 Å². The molecule has 7 heteroatoms. The summed E-state index contributed by atoms with van der Waals surface area (Å²) < 4.78 is 1.10. The lowest BCUT2D eigenvalue weighted by atomic mass is 10.3. The highest BCUT2D eigenvalue weighted by atomic mass is 127. The zero-order valence-electron chi connectivity index (χ0n) is 10.1. The summed E-state index contributed by atoms with van der Waals surface area (Å²) in [6.45, 7) is 1.46. The Hall–Kier alpha value is -0.120. The third kappa shape index (κ3) is 6.24. The van der Waals surface area contributed by atoms with E-state index in [1.165, 1.54) is 9.75 Å². The molecule has 0 aliphatic heterocycles. The molecule has 0 aliphatic carbocycles. The van der Waals surface area contributed by atoms with Crippen LogP contribution in [0.5, 0.6) is 0 Å². The Morgan fingerprint density at radius 2 is 2.21 bits per heavy atom. The van der Waals surface area contributed by atoms with Gasteiger partial charge in [-0.25, -0.2) is 4.99 Å². The second-order valence-electron chi connectivity index (χ2n) is 3.69. The van der Waals surface area contributed by atoms with Gasteiger partial charge in [0, 0.05) is 26.2 Å². The molecule has 0 spiro atoms. The number of thiophene rings is 2. The van der Waals surface area contributed by atoms with Crippen molar-refractivity contribution in [2.75, 3.05) is 6.54 Å². The highest BCUT2D eigenvalue weighted by Crippen LogP contribution is 2.20. The van der Waals surface area contributed by atoms with Gasteiger partial charge in [-0.3, -0.25) is 0 Å². The molecule has 2 aromatic rings. The second-order valence-corrected chi connectivity index (χ2v) is 6.63. The van der Waals surface area contributed by atoms with Crippen LogP contribution in [-0.2, 0) is 13.0 Å².